The molecule has 3 aromatic carbocycles. The first-order valence-electron chi connectivity index (χ1n) is 9.82. The number of sulfonamides is 1. The van der Waals surface area contributed by atoms with Gasteiger partial charge in [0.05, 0.1) is 4.90 Å². The van der Waals surface area contributed by atoms with Crippen molar-refractivity contribution in [3.63, 3.8) is 0 Å². The minimum atomic E-state index is -3.65. The third-order valence-electron chi connectivity index (χ3n) is 4.47. The quantitative estimate of drug-likeness (QED) is 0.363. The molecule has 8 heteroatoms. The van der Waals surface area contributed by atoms with Crippen LogP contribution in [-0.2, 0) is 21.4 Å². The minimum Gasteiger partial charge on any atom is -0.332 e. The van der Waals surface area contributed by atoms with Crippen LogP contribution in [0.3, 0.4) is 0 Å². The van der Waals surface area contributed by atoms with Gasteiger partial charge in [0.15, 0.2) is 5.11 Å². The van der Waals surface area contributed by atoms with Gasteiger partial charge in [-0.1, -0.05) is 60.2 Å². The second-order valence-electron chi connectivity index (χ2n) is 7.02. The number of thiocarbonyl (C=S) groups is 1. The molecule has 0 aliphatic carbocycles. The fraction of sp³-hybridized carbons (Fsp3) is 0.0833. The van der Waals surface area contributed by atoms with Gasteiger partial charge in [-0.15, -0.1) is 0 Å². The van der Waals surface area contributed by atoms with Crippen LogP contribution in [0.25, 0.3) is 6.08 Å². The van der Waals surface area contributed by atoms with Crippen molar-refractivity contribution >= 4 is 45.0 Å². The molecular weight excluding hydrogens is 442 g/mol. The lowest BCUT2D eigenvalue weighted by Crippen LogP contribution is -2.32. The van der Waals surface area contributed by atoms with Gasteiger partial charge in [-0.05, 0) is 60.6 Å². The van der Waals surface area contributed by atoms with Crippen molar-refractivity contribution < 1.29 is 13.2 Å². The molecule has 32 heavy (non-hydrogen) atoms. The average Bonchev–Trinajstić information content (AvgIpc) is 2.78. The summed E-state index contributed by atoms with van der Waals surface area (Å²) in [6.07, 6.45) is 3.09. The van der Waals surface area contributed by atoms with Gasteiger partial charge in [0.2, 0.25) is 15.9 Å². The molecule has 0 aliphatic rings. The predicted octanol–water partition coefficient (Wildman–Crippen LogP) is 4.00. The minimum absolute atomic E-state index is 0.112. The number of benzene rings is 3. The summed E-state index contributed by atoms with van der Waals surface area (Å²) >= 11 is 5.15. The van der Waals surface area contributed by atoms with E-state index in [4.69, 9.17) is 12.2 Å². The van der Waals surface area contributed by atoms with Gasteiger partial charge in [0, 0.05) is 18.3 Å². The van der Waals surface area contributed by atoms with Crippen molar-refractivity contribution in [3.05, 3.63) is 102 Å². The van der Waals surface area contributed by atoms with E-state index in [2.05, 4.69) is 15.4 Å². The van der Waals surface area contributed by atoms with Crippen molar-refractivity contribution in [3.8, 4) is 0 Å². The van der Waals surface area contributed by atoms with Crippen LogP contribution < -0.4 is 15.4 Å². The second kappa shape index (κ2) is 10.8. The van der Waals surface area contributed by atoms with Crippen LogP contribution in [0.1, 0.15) is 16.7 Å². The van der Waals surface area contributed by atoms with E-state index in [0.717, 1.165) is 16.7 Å². The Labute approximate surface area is 193 Å². The summed E-state index contributed by atoms with van der Waals surface area (Å²) in [6, 6.07) is 23.1. The van der Waals surface area contributed by atoms with Crippen LogP contribution in [0, 0.1) is 6.92 Å². The third-order valence-corrected chi connectivity index (χ3v) is 6.09. The van der Waals surface area contributed by atoms with Crippen LogP contribution in [-0.4, -0.2) is 19.4 Å². The summed E-state index contributed by atoms with van der Waals surface area (Å²) in [5.74, 6) is -0.368. The first-order valence-corrected chi connectivity index (χ1v) is 11.7. The molecule has 0 atom stereocenters. The Kier molecular flexibility index (Phi) is 7.88. The van der Waals surface area contributed by atoms with Crippen molar-refractivity contribution in [2.45, 2.75) is 18.4 Å². The number of nitrogens with one attached hydrogen (secondary N) is 3. The summed E-state index contributed by atoms with van der Waals surface area (Å²) < 4.78 is 27.5. The van der Waals surface area contributed by atoms with Crippen molar-refractivity contribution in [2.75, 3.05) is 5.32 Å². The molecule has 1 amide bonds. The van der Waals surface area contributed by atoms with Gasteiger partial charge in [0.1, 0.15) is 0 Å². The van der Waals surface area contributed by atoms with Crippen LogP contribution in [0.4, 0.5) is 5.69 Å². The van der Waals surface area contributed by atoms with Crippen LogP contribution in [0.2, 0.25) is 0 Å². The number of anilines is 1. The van der Waals surface area contributed by atoms with E-state index in [1.165, 1.54) is 18.2 Å². The molecule has 0 bridgehead atoms. The molecule has 0 saturated heterocycles. The highest BCUT2D eigenvalue weighted by atomic mass is 32.2. The summed E-state index contributed by atoms with van der Waals surface area (Å²) in [4.78, 5) is 12.2. The fourth-order valence-corrected chi connectivity index (χ4v) is 3.98. The van der Waals surface area contributed by atoms with E-state index in [-0.39, 0.29) is 22.5 Å². The Morgan fingerprint density at radius 1 is 0.938 bits per heavy atom. The van der Waals surface area contributed by atoms with Gasteiger partial charge in [-0.3, -0.25) is 10.1 Å². The summed E-state index contributed by atoms with van der Waals surface area (Å²) in [5.41, 5.74) is 3.47. The Balaban J connectivity index is 1.52. The summed E-state index contributed by atoms with van der Waals surface area (Å²) in [6.45, 7) is 2.20. The van der Waals surface area contributed by atoms with Gasteiger partial charge in [0.25, 0.3) is 0 Å². The van der Waals surface area contributed by atoms with Crippen LogP contribution in [0.5, 0.6) is 0 Å². The largest absolute Gasteiger partial charge is 0.332 e. The van der Waals surface area contributed by atoms with Crippen molar-refractivity contribution in [2.24, 2.45) is 0 Å². The Morgan fingerprint density at radius 2 is 1.59 bits per heavy atom. The molecule has 0 heterocycles. The van der Waals surface area contributed by atoms with Gasteiger partial charge in [-0.2, -0.15) is 0 Å². The van der Waals surface area contributed by atoms with E-state index in [0.29, 0.717) is 5.69 Å². The Morgan fingerprint density at radius 3 is 2.25 bits per heavy atom. The summed E-state index contributed by atoms with van der Waals surface area (Å²) in [5, 5.41) is 5.54. The number of aryl methyl sites for hydroxylation is 1. The first kappa shape index (κ1) is 23.3. The van der Waals surface area contributed by atoms with E-state index < -0.39 is 10.0 Å². The topological polar surface area (TPSA) is 87.3 Å². The number of hydrogen-bond donors (Lipinski definition) is 3. The van der Waals surface area contributed by atoms with Gasteiger partial charge in [-0.25, -0.2) is 13.1 Å². The molecule has 0 spiro atoms. The van der Waals surface area contributed by atoms with E-state index in [9.17, 15) is 13.2 Å². The maximum absolute atomic E-state index is 12.5. The smallest absolute Gasteiger partial charge is 0.250 e. The maximum Gasteiger partial charge on any atom is 0.250 e. The molecule has 0 aliphatic heterocycles. The number of amides is 1. The molecule has 6 nitrogen and oxygen atoms in total. The molecule has 0 saturated carbocycles. The number of carbonyl (C=O) groups excluding carboxylic acids is 1. The predicted molar refractivity (Wildman–Crippen MR) is 131 cm³/mol. The molecule has 3 N–H and O–H groups in total. The second-order valence-corrected chi connectivity index (χ2v) is 9.20. The van der Waals surface area contributed by atoms with Crippen molar-refractivity contribution in [1.29, 1.82) is 0 Å². The van der Waals surface area contributed by atoms with Gasteiger partial charge < -0.3 is 5.32 Å². The molecule has 3 aromatic rings. The normalized spacial score (nSPS) is 11.3. The lowest BCUT2D eigenvalue weighted by Gasteiger charge is -2.10. The zero-order valence-corrected chi connectivity index (χ0v) is 19.0. The fourth-order valence-electron chi connectivity index (χ4n) is 2.74. The highest BCUT2D eigenvalue weighted by Gasteiger charge is 2.13. The van der Waals surface area contributed by atoms with Gasteiger partial charge >= 0.3 is 0 Å². The molecule has 0 unspecified atom stereocenters. The number of rotatable bonds is 7. The lowest BCUT2D eigenvalue weighted by molar-refractivity contribution is -0.115. The summed E-state index contributed by atoms with van der Waals surface area (Å²) in [7, 11) is -3.65. The molecule has 164 valence electrons. The molecule has 3 rings (SSSR count). The molecule has 0 aromatic heterocycles. The lowest BCUT2D eigenvalue weighted by atomic mass is 10.1. The number of carbonyl (C=O) groups is 1. The zero-order chi connectivity index (χ0) is 23.0. The SMILES string of the molecule is Cc1ccc(/C=C/C(=O)NC(=S)Nc2ccc(S(=O)(=O)NCc3ccccc3)cc2)cc1. The van der Waals surface area contributed by atoms with Crippen LogP contribution >= 0.6 is 12.2 Å². The van der Waals surface area contributed by atoms with E-state index >= 15 is 0 Å². The highest BCUT2D eigenvalue weighted by molar-refractivity contribution is 7.89. The van der Waals surface area contributed by atoms with E-state index in [1.54, 1.807) is 18.2 Å². The highest BCUT2D eigenvalue weighted by Crippen LogP contribution is 2.14. The third kappa shape index (κ3) is 7.12. The Bertz CT molecular complexity index is 1210. The van der Waals surface area contributed by atoms with E-state index in [1.807, 2.05) is 61.5 Å². The molecule has 0 fully saturated rings. The molecule has 0 radical (unpaired) electrons. The first-order chi connectivity index (χ1) is 15.3. The average molecular weight is 466 g/mol. The number of hydrogen-bond acceptors (Lipinski definition) is 4. The maximum atomic E-state index is 12.5. The standard InChI is InChI=1S/C24H23N3O3S2/c1-18-7-9-19(10-8-18)11-16-23(28)27-24(31)26-21-12-14-22(15-13-21)32(29,30)25-17-20-5-3-2-4-6-20/h2-16,25H,17H2,1H3,(H2,26,27,28,31)/b16-11+. The van der Waals surface area contributed by atoms with Crippen LogP contribution in [0.15, 0.2) is 89.8 Å². The monoisotopic (exact) mass is 465 g/mol. The zero-order valence-electron chi connectivity index (χ0n) is 17.4. The molecular formula is C24H23N3O3S2. The van der Waals surface area contributed by atoms with Crippen molar-refractivity contribution in [1.82, 2.24) is 10.0 Å². The Hall–Kier alpha value is -3.33.